The minimum absolute atomic E-state index is 0.115. The normalized spacial score (nSPS) is 15.1. The fraction of sp³-hybridized carbons (Fsp3) is 0.263. The molecule has 1 fully saturated rings. The molecule has 122 valence electrons. The lowest BCUT2D eigenvalue weighted by molar-refractivity contribution is 0.0628. The van der Waals surface area contributed by atoms with Gasteiger partial charge in [-0.05, 0) is 64.6 Å². The van der Waals surface area contributed by atoms with Crippen molar-refractivity contribution in [1.82, 2.24) is 9.80 Å². The standard InChI is InChI=1S/C19H18IN3O/c20-18-7-5-17(6-8-18)19(24)23-11-9-22(10-12-23)14-16-3-1-15(13-21)2-4-16/h1-8H,9-12,14H2. The van der Waals surface area contributed by atoms with Crippen LogP contribution in [0.25, 0.3) is 0 Å². The van der Waals surface area contributed by atoms with Crippen LogP contribution in [-0.2, 0) is 6.54 Å². The lowest BCUT2D eigenvalue weighted by Gasteiger charge is -2.34. The Bertz CT molecular complexity index is 742. The van der Waals surface area contributed by atoms with Crippen molar-refractivity contribution in [2.75, 3.05) is 26.2 Å². The molecule has 1 heterocycles. The number of rotatable bonds is 3. The van der Waals surface area contributed by atoms with Gasteiger partial charge in [0.1, 0.15) is 0 Å². The molecule has 2 aromatic carbocycles. The van der Waals surface area contributed by atoms with Gasteiger partial charge in [-0.15, -0.1) is 0 Å². The molecule has 0 bridgehead atoms. The molecular formula is C19H18IN3O. The van der Waals surface area contributed by atoms with E-state index in [0.29, 0.717) is 5.56 Å². The van der Waals surface area contributed by atoms with Gasteiger partial charge in [-0.3, -0.25) is 9.69 Å². The third kappa shape index (κ3) is 4.13. The van der Waals surface area contributed by atoms with Gasteiger partial charge < -0.3 is 4.90 Å². The second kappa shape index (κ2) is 7.77. The van der Waals surface area contributed by atoms with Gasteiger partial charge >= 0.3 is 0 Å². The van der Waals surface area contributed by atoms with E-state index in [1.54, 1.807) is 0 Å². The third-order valence-corrected chi connectivity index (χ3v) is 4.96. The highest BCUT2D eigenvalue weighted by molar-refractivity contribution is 14.1. The van der Waals surface area contributed by atoms with Crippen molar-refractivity contribution in [1.29, 1.82) is 5.26 Å². The van der Waals surface area contributed by atoms with Crippen molar-refractivity contribution in [3.8, 4) is 6.07 Å². The SMILES string of the molecule is N#Cc1ccc(CN2CCN(C(=O)c3ccc(I)cc3)CC2)cc1. The number of benzene rings is 2. The number of hydrogen-bond acceptors (Lipinski definition) is 3. The average molecular weight is 431 g/mol. The lowest BCUT2D eigenvalue weighted by atomic mass is 10.1. The number of carbonyl (C=O) groups excluding carboxylic acids is 1. The van der Waals surface area contributed by atoms with Crippen LogP contribution in [0.1, 0.15) is 21.5 Å². The predicted molar refractivity (Wildman–Crippen MR) is 101 cm³/mol. The van der Waals surface area contributed by atoms with Crippen LogP contribution in [0.4, 0.5) is 0 Å². The molecule has 0 N–H and O–H groups in total. The fourth-order valence-electron chi connectivity index (χ4n) is 2.83. The Balaban J connectivity index is 1.54. The van der Waals surface area contributed by atoms with Gasteiger partial charge in [-0.25, -0.2) is 0 Å². The maximum Gasteiger partial charge on any atom is 0.253 e. The second-order valence-electron chi connectivity index (χ2n) is 5.88. The largest absolute Gasteiger partial charge is 0.336 e. The van der Waals surface area contributed by atoms with E-state index >= 15 is 0 Å². The van der Waals surface area contributed by atoms with Crippen LogP contribution in [0.15, 0.2) is 48.5 Å². The molecule has 1 aliphatic heterocycles. The Kier molecular flexibility index (Phi) is 5.48. The number of nitrogens with zero attached hydrogens (tertiary/aromatic N) is 3. The van der Waals surface area contributed by atoms with Crippen molar-refractivity contribution in [3.05, 3.63) is 68.8 Å². The van der Waals surface area contributed by atoms with Gasteiger partial charge in [0, 0.05) is 41.9 Å². The lowest BCUT2D eigenvalue weighted by Crippen LogP contribution is -2.48. The molecule has 3 rings (SSSR count). The summed E-state index contributed by atoms with van der Waals surface area (Å²) in [6, 6.07) is 17.6. The molecule has 0 unspecified atom stereocenters. The summed E-state index contributed by atoms with van der Waals surface area (Å²) in [4.78, 5) is 16.8. The first-order valence-electron chi connectivity index (χ1n) is 7.92. The molecule has 1 saturated heterocycles. The maximum absolute atomic E-state index is 12.5. The second-order valence-corrected chi connectivity index (χ2v) is 7.13. The highest BCUT2D eigenvalue weighted by Crippen LogP contribution is 2.13. The summed E-state index contributed by atoms with van der Waals surface area (Å²) in [5.41, 5.74) is 2.65. The van der Waals surface area contributed by atoms with Gasteiger partial charge in [0.2, 0.25) is 0 Å². The first kappa shape index (κ1) is 16.9. The Morgan fingerprint density at radius 2 is 1.62 bits per heavy atom. The molecule has 4 nitrogen and oxygen atoms in total. The van der Waals surface area contributed by atoms with E-state index in [-0.39, 0.29) is 5.91 Å². The summed E-state index contributed by atoms with van der Waals surface area (Å²) in [5.74, 6) is 0.115. The van der Waals surface area contributed by atoms with Gasteiger partial charge in [0.15, 0.2) is 0 Å². The van der Waals surface area contributed by atoms with Crippen LogP contribution in [-0.4, -0.2) is 41.9 Å². The van der Waals surface area contributed by atoms with Gasteiger partial charge in [0.25, 0.3) is 5.91 Å². The number of amides is 1. The van der Waals surface area contributed by atoms with E-state index < -0.39 is 0 Å². The van der Waals surface area contributed by atoms with E-state index in [9.17, 15) is 4.79 Å². The van der Waals surface area contributed by atoms with Gasteiger partial charge in [-0.1, -0.05) is 12.1 Å². The quantitative estimate of drug-likeness (QED) is 0.702. The Hall–Kier alpha value is -1.91. The predicted octanol–water partition coefficient (Wildman–Crippen LogP) is 3.12. The van der Waals surface area contributed by atoms with Crippen molar-refractivity contribution >= 4 is 28.5 Å². The number of nitriles is 1. The average Bonchev–Trinajstić information content (AvgIpc) is 2.63. The summed E-state index contributed by atoms with van der Waals surface area (Å²) in [6.45, 7) is 4.10. The van der Waals surface area contributed by atoms with Crippen molar-refractivity contribution in [2.45, 2.75) is 6.54 Å². The number of halogens is 1. The minimum atomic E-state index is 0.115. The molecule has 1 amide bonds. The van der Waals surface area contributed by atoms with Crippen LogP contribution in [0, 0.1) is 14.9 Å². The summed E-state index contributed by atoms with van der Waals surface area (Å²) in [6.07, 6.45) is 0. The van der Waals surface area contributed by atoms with Crippen molar-refractivity contribution in [2.24, 2.45) is 0 Å². The highest BCUT2D eigenvalue weighted by atomic mass is 127. The molecule has 1 aliphatic rings. The van der Waals surface area contributed by atoms with E-state index in [1.165, 1.54) is 5.56 Å². The molecule has 0 saturated carbocycles. The summed E-state index contributed by atoms with van der Waals surface area (Å²) in [7, 11) is 0. The van der Waals surface area contributed by atoms with Crippen LogP contribution in [0.5, 0.6) is 0 Å². The first-order valence-corrected chi connectivity index (χ1v) is 9.00. The summed E-state index contributed by atoms with van der Waals surface area (Å²) in [5, 5.41) is 8.84. The monoisotopic (exact) mass is 431 g/mol. The minimum Gasteiger partial charge on any atom is -0.336 e. The zero-order valence-corrected chi connectivity index (χ0v) is 15.4. The molecule has 0 spiro atoms. The highest BCUT2D eigenvalue weighted by Gasteiger charge is 2.22. The zero-order chi connectivity index (χ0) is 16.9. The first-order chi connectivity index (χ1) is 11.7. The van der Waals surface area contributed by atoms with Crippen LogP contribution >= 0.6 is 22.6 Å². The third-order valence-electron chi connectivity index (χ3n) is 4.24. The molecule has 0 atom stereocenters. The summed E-state index contributed by atoms with van der Waals surface area (Å²) >= 11 is 2.24. The van der Waals surface area contributed by atoms with Crippen molar-refractivity contribution in [3.63, 3.8) is 0 Å². The number of piperazine rings is 1. The number of carbonyl (C=O) groups is 1. The van der Waals surface area contributed by atoms with Crippen LogP contribution in [0.2, 0.25) is 0 Å². The number of hydrogen-bond donors (Lipinski definition) is 0. The van der Waals surface area contributed by atoms with Crippen LogP contribution < -0.4 is 0 Å². The van der Waals surface area contributed by atoms with E-state index in [2.05, 4.69) is 33.6 Å². The Morgan fingerprint density at radius 1 is 1.00 bits per heavy atom. The zero-order valence-electron chi connectivity index (χ0n) is 13.3. The van der Waals surface area contributed by atoms with E-state index in [4.69, 9.17) is 5.26 Å². The molecule has 0 aromatic heterocycles. The molecular weight excluding hydrogens is 413 g/mol. The van der Waals surface area contributed by atoms with E-state index in [1.807, 2.05) is 53.4 Å². The maximum atomic E-state index is 12.5. The molecule has 2 aromatic rings. The molecule has 0 aliphatic carbocycles. The Morgan fingerprint density at radius 3 is 2.21 bits per heavy atom. The Labute approximate surface area is 155 Å². The van der Waals surface area contributed by atoms with Gasteiger partial charge in [0.05, 0.1) is 11.6 Å². The van der Waals surface area contributed by atoms with E-state index in [0.717, 1.165) is 41.9 Å². The molecule has 24 heavy (non-hydrogen) atoms. The molecule has 0 radical (unpaired) electrons. The molecule has 5 heteroatoms. The fourth-order valence-corrected chi connectivity index (χ4v) is 3.19. The van der Waals surface area contributed by atoms with Gasteiger partial charge in [-0.2, -0.15) is 5.26 Å². The summed E-state index contributed by atoms with van der Waals surface area (Å²) < 4.78 is 1.14. The topological polar surface area (TPSA) is 47.3 Å². The van der Waals surface area contributed by atoms with Crippen molar-refractivity contribution < 1.29 is 4.79 Å². The smallest absolute Gasteiger partial charge is 0.253 e. The van der Waals surface area contributed by atoms with Crippen LogP contribution in [0.3, 0.4) is 0 Å².